The molecule has 4 heteroatoms. The molecule has 2 rings (SSSR count). The lowest BCUT2D eigenvalue weighted by atomic mass is 10.1. The molecule has 0 spiro atoms. The summed E-state index contributed by atoms with van der Waals surface area (Å²) in [5, 5.41) is 2.62. The molecule has 1 amide bonds. The van der Waals surface area contributed by atoms with Gasteiger partial charge in [0.25, 0.3) is 5.91 Å². The van der Waals surface area contributed by atoms with Crippen LogP contribution in [0.15, 0.2) is 18.2 Å². The minimum absolute atomic E-state index is 0.0777. The van der Waals surface area contributed by atoms with Gasteiger partial charge in [0.05, 0.1) is 11.4 Å². The first kappa shape index (κ1) is 11.8. The zero-order valence-corrected chi connectivity index (χ0v) is 10.4. The van der Waals surface area contributed by atoms with Gasteiger partial charge in [0.1, 0.15) is 0 Å². The minimum Gasteiger partial charge on any atom is -0.397 e. The maximum atomic E-state index is 11.6. The van der Waals surface area contributed by atoms with Gasteiger partial charge >= 0.3 is 0 Å². The summed E-state index contributed by atoms with van der Waals surface area (Å²) in [7, 11) is 3.66. The molecule has 92 valence electrons. The van der Waals surface area contributed by atoms with E-state index in [9.17, 15) is 4.79 Å². The van der Waals surface area contributed by atoms with Crippen LogP contribution in [0.4, 0.5) is 11.4 Å². The van der Waals surface area contributed by atoms with Gasteiger partial charge in [-0.2, -0.15) is 0 Å². The van der Waals surface area contributed by atoms with E-state index in [4.69, 9.17) is 5.73 Å². The third kappa shape index (κ3) is 2.70. The van der Waals surface area contributed by atoms with E-state index < -0.39 is 0 Å². The molecule has 0 unspecified atom stereocenters. The Morgan fingerprint density at radius 2 is 2.24 bits per heavy atom. The van der Waals surface area contributed by atoms with Crippen molar-refractivity contribution in [1.82, 2.24) is 5.32 Å². The van der Waals surface area contributed by atoms with Gasteiger partial charge in [-0.1, -0.05) is 0 Å². The van der Waals surface area contributed by atoms with Crippen LogP contribution in [0.25, 0.3) is 0 Å². The fraction of sp³-hybridized carbons (Fsp3) is 0.462. The summed E-state index contributed by atoms with van der Waals surface area (Å²) in [4.78, 5) is 13.7. The second kappa shape index (κ2) is 4.65. The monoisotopic (exact) mass is 233 g/mol. The molecule has 17 heavy (non-hydrogen) atoms. The molecule has 1 aliphatic carbocycles. The number of hydrogen-bond donors (Lipinski definition) is 2. The van der Waals surface area contributed by atoms with Crippen molar-refractivity contribution in [3.05, 3.63) is 23.8 Å². The third-order valence-corrected chi connectivity index (χ3v) is 3.16. The van der Waals surface area contributed by atoms with E-state index >= 15 is 0 Å². The fourth-order valence-corrected chi connectivity index (χ4v) is 1.95. The molecule has 1 saturated carbocycles. The van der Waals surface area contributed by atoms with E-state index in [1.54, 1.807) is 19.2 Å². The average molecular weight is 233 g/mol. The van der Waals surface area contributed by atoms with E-state index in [1.165, 1.54) is 12.8 Å². The number of carbonyl (C=O) groups is 1. The Balaban J connectivity index is 2.21. The largest absolute Gasteiger partial charge is 0.397 e. The van der Waals surface area contributed by atoms with Gasteiger partial charge in [0, 0.05) is 26.2 Å². The van der Waals surface area contributed by atoms with Gasteiger partial charge in [-0.15, -0.1) is 0 Å². The van der Waals surface area contributed by atoms with Crippen molar-refractivity contribution in [3.8, 4) is 0 Å². The van der Waals surface area contributed by atoms with Crippen molar-refractivity contribution in [2.75, 3.05) is 31.3 Å². The van der Waals surface area contributed by atoms with Crippen LogP contribution >= 0.6 is 0 Å². The second-order valence-corrected chi connectivity index (χ2v) is 4.68. The van der Waals surface area contributed by atoms with Gasteiger partial charge in [-0.25, -0.2) is 0 Å². The summed E-state index contributed by atoms with van der Waals surface area (Å²) in [6.07, 6.45) is 2.61. The van der Waals surface area contributed by atoms with Crippen molar-refractivity contribution in [2.45, 2.75) is 12.8 Å². The van der Waals surface area contributed by atoms with Crippen molar-refractivity contribution in [3.63, 3.8) is 0 Å². The Kier molecular flexibility index (Phi) is 3.22. The van der Waals surface area contributed by atoms with Gasteiger partial charge in [0.2, 0.25) is 0 Å². The number of amides is 1. The molecule has 0 aromatic heterocycles. The second-order valence-electron chi connectivity index (χ2n) is 4.68. The van der Waals surface area contributed by atoms with Crippen molar-refractivity contribution < 1.29 is 4.79 Å². The Bertz CT molecular complexity index is 427. The zero-order valence-electron chi connectivity index (χ0n) is 10.4. The maximum absolute atomic E-state index is 11.6. The molecular formula is C13H19N3O. The number of nitrogens with one attached hydrogen (secondary N) is 1. The van der Waals surface area contributed by atoms with E-state index in [0.717, 1.165) is 23.8 Å². The quantitative estimate of drug-likeness (QED) is 0.774. The average Bonchev–Trinajstić information content (AvgIpc) is 3.12. The van der Waals surface area contributed by atoms with Gasteiger partial charge in [-0.3, -0.25) is 4.79 Å². The van der Waals surface area contributed by atoms with Gasteiger partial charge < -0.3 is 16.0 Å². The smallest absolute Gasteiger partial charge is 0.251 e. The number of anilines is 2. The highest BCUT2D eigenvalue weighted by molar-refractivity contribution is 5.96. The topological polar surface area (TPSA) is 58.4 Å². The van der Waals surface area contributed by atoms with Crippen LogP contribution in [0.1, 0.15) is 23.2 Å². The number of nitrogen functional groups attached to an aromatic ring is 1. The number of nitrogens with zero attached hydrogens (tertiary/aromatic N) is 1. The number of benzene rings is 1. The molecule has 1 aliphatic rings. The Morgan fingerprint density at radius 3 is 2.82 bits per heavy atom. The summed E-state index contributed by atoms with van der Waals surface area (Å²) in [5.41, 5.74) is 8.27. The molecule has 0 atom stereocenters. The molecule has 4 nitrogen and oxygen atoms in total. The van der Waals surface area contributed by atoms with Crippen LogP contribution in [0.2, 0.25) is 0 Å². The predicted molar refractivity (Wildman–Crippen MR) is 70.2 cm³/mol. The van der Waals surface area contributed by atoms with Crippen molar-refractivity contribution >= 4 is 17.3 Å². The van der Waals surface area contributed by atoms with Crippen molar-refractivity contribution in [2.24, 2.45) is 5.92 Å². The molecule has 0 radical (unpaired) electrons. The first-order valence-corrected chi connectivity index (χ1v) is 5.94. The summed E-state index contributed by atoms with van der Waals surface area (Å²) < 4.78 is 0. The maximum Gasteiger partial charge on any atom is 0.251 e. The van der Waals surface area contributed by atoms with Crippen molar-refractivity contribution in [1.29, 1.82) is 0 Å². The lowest BCUT2D eigenvalue weighted by molar-refractivity contribution is 0.0963. The molecule has 3 N–H and O–H groups in total. The highest BCUT2D eigenvalue weighted by Crippen LogP contribution is 2.32. The summed E-state index contributed by atoms with van der Waals surface area (Å²) in [6.45, 7) is 1.02. The number of nitrogens with two attached hydrogens (primary N) is 1. The summed E-state index contributed by atoms with van der Waals surface area (Å²) >= 11 is 0. The first-order chi connectivity index (χ1) is 8.11. The van der Waals surface area contributed by atoms with Gasteiger partial charge in [0.15, 0.2) is 0 Å². The molecule has 0 saturated heterocycles. The van der Waals surface area contributed by atoms with Crippen LogP contribution in [0.3, 0.4) is 0 Å². The first-order valence-electron chi connectivity index (χ1n) is 5.94. The van der Waals surface area contributed by atoms with Crippen LogP contribution in [0, 0.1) is 5.92 Å². The Morgan fingerprint density at radius 1 is 1.53 bits per heavy atom. The van der Waals surface area contributed by atoms with E-state index in [1.807, 2.05) is 13.1 Å². The Labute approximate surface area is 102 Å². The molecule has 0 heterocycles. The van der Waals surface area contributed by atoms with Crippen LogP contribution < -0.4 is 16.0 Å². The molecule has 1 fully saturated rings. The zero-order chi connectivity index (χ0) is 12.4. The van der Waals surface area contributed by atoms with E-state index in [-0.39, 0.29) is 5.91 Å². The van der Waals surface area contributed by atoms with Crippen LogP contribution in [-0.2, 0) is 0 Å². The Hall–Kier alpha value is -1.71. The lowest BCUT2D eigenvalue weighted by Gasteiger charge is -2.21. The molecule has 0 bridgehead atoms. The summed E-state index contributed by atoms with van der Waals surface area (Å²) in [6, 6.07) is 5.41. The SMILES string of the molecule is CNC(=O)c1ccc(N)c(N(C)CC2CC2)c1. The number of carbonyl (C=O) groups excluding carboxylic acids is 1. The lowest BCUT2D eigenvalue weighted by Crippen LogP contribution is -2.23. The van der Waals surface area contributed by atoms with Crippen LogP contribution in [0.5, 0.6) is 0 Å². The third-order valence-electron chi connectivity index (χ3n) is 3.16. The highest BCUT2D eigenvalue weighted by atomic mass is 16.1. The fourth-order valence-electron chi connectivity index (χ4n) is 1.95. The molecule has 1 aromatic carbocycles. The van der Waals surface area contributed by atoms with Crippen LogP contribution in [-0.4, -0.2) is 26.5 Å². The number of hydrogen-bond acceptors (Lipinski definition) is 3. The standard InChI is InChI=1S/C13H19N3O/c1-15-13(17)10-5-6-11(14)12(7-10)16(2)8-9-3-4-9/h5-7,9H,3-4,8,14H2,1-2H3,(H,15,17). The predicted octanol–water partition coefficient (Wildman–Crippen LogP) is 1.47. The molecule has 0 aliphatic heterocycles. The summed E-state index contributed by atoms with van der Waals surface area (Å²) in [5.74, 6) is 0.717. The van der Waals surface area contributed by atoms with E-state index in [0.29, 0.717) is 5.56 Å². The minimum atomic E-state index is -0.0777. The van der Waals surface area contributed by atoms with E-state index in [2.05, 4.69) is 10.2 Å². The highest BCUT2D eigenvalue weighted by Gasteiger charge is 2.23. The molecule has 1 aromatic rings. The molecular weight excluding hydrogens is 214 g/mol. The van der Waals surface area contributed by atoms with Gasteiger partial charge in [-0.05, 0) is 37.0 Å². The normalized spacial score (nSPS) is 14.5. The number of rotatable bonds is 4.